The van der Waals surface area contributed by atoms with E-state index in [0.29, 0.717) is 107 Å². The Labute approximate surface area is 666 Å². The number of carboxylic acids is 1. The highest BCUT2D eigenvalue weighted by atomic mass is 79.9. The summed E-state index contributed by atoms with van der Waals surface area (Å²) in [6.45, 7) is 1.63. The molecule has 16 rings (SSSR count). The number of aliphatic hydroxyl groups is 1. The molecule has 0 amide bonds. The Balaban J connectivity index is 0.000000147. The third-order valence-corrected chi connectivity index (χ3v) is 25.5. The molecule has 1 aliphatic heterocycles. The summed E-state index contributed by atoms with van der Waals surface area (Å²) in [7, 11) is -5.79. The maximum Gasteiger partial charge on any atom is 0.470 e. The van der Waals surface area contributed by atoms with E-state index >= 15 is 0 Å². The van der Waals surface area contributed by atoms with Crippen LogP contribution in [0.2, 0.25) is 19.6 Å². The molecule has 7 fully saturated rings. The largest absolute Gasteiger partial charge is 0.476 e. The second kappa shape index (κ2) is 36.1. The highest BCUT2D eigenvalue weighted by Crippen LogP contribution is 2.62. The van der Waals surface area contributed by atoms with Gasteiger partial charge in [0.05, 0.1) is 24.4 Å². The SMILES string of the molecule is C#CC1CC1.C=C=N[Si](C)(C)C.CN1OC2(N=C1N)c1cc(C#CC3CC3)ccc1CC21CCC(OC(F)F)CC1.O=C(O)C(F)(F)S(=O)(=O)F.O=C1c2cc(Br)ccc2CC12CCC(O)CC2.O=C1c2cc(Br)ccc2CC12CCC(OC(F)F)CC2.O=C1c2cc(C#CC3CC3)ccc2CC12CCC(OC(F)F)CC2. The molecule has 1 atom stereocenters. The van der Waals surface area contributed by atoms with Crippen LogP contribution in [0.1, 0.15) is 211 Å². The summed E-state index contributed by atoms with van der Waals surface area (Å²) in [5, 5.41) is 13.2. The number of halogens is 11. The van der Waals surface area contributed by atoms with Crippen molar-refractivity contribution in [3.05, 3.63) is 144 Å². The Morgan fingerprint density at radius 1 is 0.625 bits per heavy atom. The molecule has 112 heavy (non-hydrogen) atoms. The first-order chi connectivity index (χ1) is 52.8. The van der Waals surface area contributed by atoms with E-state index in [1.165, 1.54) is 54.7 Å². The molecule has 0 saturated heterocycles. The third kappa shape index (κ3) is 21.4. The lowest BCUT2D eigenvalue weighted by atomic mass is 9.66. The third-order valence-electron chi connectivity index (χ3n) is 22.9. The number of terminal acetylenes is 1. The van der Waals surface area contributed by atoms with Gasteiger partial charge >= 0.3 is 41.3 Å². The van der Waals surface area contributed by atoms with Crippen LogP contribution in [0.3, 0.4) is 0 Å². The molecular weight excluding hydrogens is 1640 g/mol. The number of nitrogens with two attached hydrogens (primary N) is 1. The Bertz CT molecular complexity index is 4520. The second-order valence-electron chi connectivity index (χ2n) is 32.1. The van der Waals surface area contributed by atoms with Gasteiger partial charge in [-0.2, -0.15) is 43.5 Å². The molecule has 5 spiro atoms. The van der Waals surface area contributed by atoms with Crippen LogP contribution < -0.4 is 5.73 Å². The molecule has 4 N–H and O–H groups in total. The van der Waals surface area contributed by atoms with Crippen LogP contribution in [0.5, 0.6) is 0 Å². The van der Waals surface area contributed by atoms with Gasteiger partial charge in [-0.05, 0) is 270 Å². The number of aliphatic imine (C=N–C) groups is 1. The standard InChI is InChI=1S/C22H25F2N3O2.C20H20F2O2.C15H15BrF2O2.C14H15BrO2.C5H11NSi.C5H6.C2HF3O4S/c1-27-20(25)26-22(29-27)18-12-15(5-4-14-2-3-14)6-7-16(18)13-21(22)10-8-17(9-11-21)28-19(23)24;21-19(22)24-16-7-9-20(10-8-16)12-15-6-5-14(4-3-13-1-2-13)11-17(15)18(20)23;16-10-2-1-9-8-15(13(19)12(9)7-10)5-3-11(4-6-15)20-14(17)18;15-10-2-1-9-8-14(13(17)12(9)7-10)5-3-11(16)4-6-14;1-5-6-7(2,3)4;1-2-5-3-4-5;3-2(4,1(6)7)10(5,8)9/h6-7,12,14,17,19H,2-3,8-11,13H2,1H3,(H2,25,26);5-6,11,13,16,19H,1-2,7-10,12H2;1-2,7,11,14H,3-6,8H2;1-2,7,11,16H,3-6,8H2;1H2,2-4H3;1,5H,3-4H2;(H,6,7). The summed E-state index contributed by atoms with van der Waals surface area (Å²) in [5.41, 5.74) is 13.7. The maximum absolute atomic E-state index is 13.0. The van der Waals surface area contributed by atoms with Crippen LogP contribution in [0.4, 0.5) is 39.0 Å². The first-order valence-corrected chi connectivity index (χ1v) is 44.2. The Hall–Kier alpha value is -6.94. The van der Waals surface area contributed by atoms with E-state index in [1.807, 2.05) is 48.5 Å². The second-order valence-corrected chi connectivity index (χ2v) is 39.9. The van der Waals surface area contributed by atoms with Gasteiger partial charge in [-0.1, -0.05) is 83.7 Å². The smallest absolute Gasteiger partial charge is 0.470 e. The molecule has 16 nitrogen and oxygen atoms in total. The Morgan fingerprint density at radius 2 is 1.00 bits per heavy atom. The number of carbonyl (C=O) groups is 4. The lowest BCUT2D eigenvalue weighted by Gasteiger charge is -2.45. The minimum atomic E-state index is -6.33. The fourth-order valence-corrected chi connectivity index (χ4v) is 17.7. The zero-order chi connectivity index (χ0) is 81.5. The van der Waals surface area contributed by atoms with E-state index < -0.39 is 79.0 Å². The Kier molecular flexibility index (Phi) is 28.2. The average molecular weight is 1730 g/mol. The number of ether oxygens (including phenoxy) is 3. The molecule has 29 heteroatoms. The van der Waals surface area contributed by atoms with Crippen LogP contribution in [0.25, 0.3) is 0 Å². The van der Waals surface area contributed by atoms with Crippen molar-refractivity contribution in [3.8, 4) is 36.0 Å². The number of alkyl halides is 8. The number of aliphatic carboxylic acids is 1. The number of ketones is 3. The van der Waals surface area contributed by atoms with Gasteiger partial charge in [0.25, 0.3) is 0 Å². The number of fused-ring (bicyclic) bond motifs is 6. The summed E-state index contributed by atoms with van der Waals surface area (Å²) >= 11 is 6.81. The zero-order valence-corrected chi connectivity index (χ0v) is 67.8. The van der Waals surface area contributed by atoms with E-state index in [-0.39, 0.29) is 33.9 Å². The number of guanidine groups is 1. The van der Waals surface area contributed by atoms with Gasteiger partial charge in [0.2, 0.25) is 11.7 Å². The van der Waals surface area contributed by atoms with Crippen molar-refractivity contribution in [2.24, 2.45) is 54.8 Å². The minimum Gasteiger partial charge on any atom is -0.476 e. The van der Waals surface area contributed by atoms with E-state index in [2.05, 4.69) is 132 Å². The number of hydrogen-bond donors (Lipinski definition) is 3. The highest BCUT2D eigenvalue weighted by Gasteiger charge is 2.64. The lowest BCUT2D eigenvalue weighted by molar-refractivity contribution is -0.239. The van der Waals surface area contributed by atoms with E-state index in [1.54, 1.807) is 7.05 Å². The predicted molar refractivity (Wildman–Crippen MR) is 413 cm³/mol. The number of carboxylic acid groups (broad SMARTS) is 1. The van der Waals surface area contributed by atoms with E-state index in [9.17, 15) is 71.7 Å². The van der Waals surface area contributed by atoms with Crippen LogP contribution >= 0.6 is 31.9 Å². The van der Waals surface area contributed by atoms with E-state index in [0.717, 1.165) is 105 Å². The van der Waals surface area contributed by atoms with Crippen molar-refractivity contribution in [3.63, 3.8) is 0 Å². The molecule has 12 aliphatic rings. The molecule has 604 valence electrons. The summed E-state index contributed by atoms with van der Waals surface area (Å²) in [6.07, 6.45) is 24.2. The van der Waals surface area contributed by atoms with Crippen LogP contribution in [0, 0.1) is 75.4 Å². The first-order valence-electron chi connectivity index (χ1n) is 37.8. The van der Waals surface area contributed by atoms with Crippen molar-refractivity contribution in [2.45, 2.75) is 242 Å². The minimum absolute atomic E-state index is 0.170. The normalized spacial score (nSPS) is 27.6. The number of rotatable bonds is 9. The fourth-order valence-electron chi connectivity index (χ4n) is 16.3. The molecule has 0 radical (unpaired) electrons. The van der Waals surface area contributed by atoms with Crippen molar-refractivity contribution < 1.29 is 95.9 Å². The highest BCUT2D eigenvalue weighted by molar-refractivity contribution is 9.10. The summed E-state index contributed by atoms with van der Waals surface area (Å²) < 4.78 is 147. The molecule has 7 saturated carbocycles. The number of hydroxylamine groups is 2. The first kappa shape index (κ1) is 87.4. The molecule has 1 heterocycles. The molecule has 0 bridgehead atoms. The zero-order valence-electron chi connectivity index (χ0n) is 62.8. The van der Waals surface area contributed by atoms with Crippen LogP contribution in [-0.2, 0) is 65.5 Å². The number of hydrogen-bond acceptors (Lipinski definition) is 15. The summed E-state index contributed by atoms with van der Waals surface area (Å²) in [5.74, 6) is 17.8. The summed E-state index contributed by atoms with van der Waals surface area (Å²) in [6, 6.07) is 24.0. The van der Waals surface area contributed by atoms with E-state index in [4.69, 9.17) is 31.8 Å². The fraction of sp³-hybridized carbons (Fsp3) is 0.554. The lowest BCUT2D eigenvalue weighted by Crippen LogP contribution is -2.46. The van der Waals surface area contributed by atoms with Crippen molar-refractivity contribution in [2.75, 3.05) is 7.05 Å². The molecule has 1 unspecified atom stereocenters. The maximum atomic E-state index is 13.0. The topological polar surface area (TPSA) is 234 Å². The summed E-state index contributed by atoms with van der Waals surface area (Å²) in [4.78, 5) is 58.6. The van der Waals surface area contributed by atoms with Gasteiger partial charge in [0.1, 0.15) is 0 Å². The number of benzene rings is 4. The number of carbonyl (C=O) groups excluding carboxylic acids is 3. The predicted octanol–water partition coefficient (Wildman–Crippen LogP) is 18.0. The average Bonchev–Trinajstić information content (AvgIpc) is 1.53. The molecular formula is C83H93Br2F9N4O12SSi. The molecule has 4 aromatic rings. The molecule has 11 aliphatic carbocycles. The number of aliphatic hydroxyl groups excluding tert-OH is 1. The molecule has 0 aromatic heterocycles. The van der Waals surface area contributed by atoms with Crippen molar-refractivity contribution in [1.29, 1.82) is 0 Å². The number of nitrogens with zero attached hydrogens (tertiary/aromatic N) is 3. The van der Waals surface area contributed by atoms with Gasteiger partial charge in [-0.3, -0.25) is 19.0 Å². The number of Topliss-reactive ketones (excluding diaryl/α,β-unsaturated/α-hetero) is 3. The van der Waals surface area contributed by atoms with Crippen LogP contribution in [-0.4, -0.2) is 124 Å². The molecule has 4 aromatic carbocycles. The van der Waals surface area contributed by atoms with Gasteiger partial charge in [0, 0.05) is 88.8 Å². The Morgan fingerprint density at radius 3 is 1.32 bits per heavy atom. The van der Waals surface area contributed by atoms with Crippen molar-refractivity contribution >= 4 is 85.5 Å². The van der Waals surface area contributed by atoms with Crippen molar-refractivity contribution in [1.82, 2.24) is 5.06 Å². The van der Waals surface area contributed by atoms with Gasteiger partial charge in [-0.15, -0.1) is 12.3 Å². The van der Waals surface area contributed by atoms with Gasteiger partial charge < -0.3 is 30.2 Å². The van der Waals surface area contributed by atoms with Gasteiger partial charge in [-0.25, -0.2) is 19.7 Å². The van der Waals surface area contributed by atoms with Gasteiger partial charge in [0.15, 0.2) is 25.6 Å². The van der Waals surface area contributed by atoms with Crippen LogP contribution in [0.15, 0.2) is 98.0 Å². The quantitative estimate of drug-likeness (QED) is 0.0465. The monoisotopic (exact) mass is 1730 g/mol.